The fraction of sp³-hybridized carbons (Fsp3) is 0.688. The van der Waals surface area contributed by atoms with Crippen LogP contribution in [0.2, 0.25) is 0 Å². The molecule has 1 heterocycles. The summed E-state index contributed by atoms with van der Waals surface area (Å²) in [6, 6.07) is 0. The third-order valence-electron chi connectivity index (χ3n) is 3.23. The molecular weight excluding hydrogens is 368 g/mol. The summed E-state index contributed by atoms with van der Waals surface area (Å²) in [4.78, 5) is 57.0. The summed E-state index contributed by atoms with van der Waals surface area (Å²) in [7, 11) is 0. The van der Waals surface area contributed by atoms with E-state index >= 15 is 0 Å². The van der Waals surface area contributed by atoms with E-state index in [9.17, 15) is 24.0 Å². The van der Waals surface area contributed by atoms with Crippen molar-refractivity contribution in [2.24, 2.45) is 0 Å². The van der Waals surface area contributed by atoms with Crippen LogP contribution in [0.15, 0.2) is 0 Å². The predicted molar refractivity (Wildman–Crippen MR) is 83.7 cm³/mol. The van der Waals surface area contributed by atoms with Crippen molar-refractivity contribution in [1.82, 2.24) is 0 Å². The van der Waals surface area contributed by atoms with Crippen LogP contribution in [0.25, 0.3) is 0 Å². The molecule has 0 amide bonds. The molecule has 11 heteroatoms. The van der Waals surface area contributed by atoms with Gasteiger partial charge in [-0.2, -0.15) is 0 Å². The fourth-order valence-electron chi connectivity index (χ4n) is 2.45. The molecule has 0 saturated carbocycles. The Balaban J connectivity index is 3.29. The molecular formula is C16H22O11. The van der Waals surface area contributed by atoms with Gasteiger partial charge in [-0.15, -0.1) is 0 Å². The molecule has 0 aromatic carbocycles. The zero-order valence-electron chi connectivity index (χ0n) is 15.6. The van der Waals surface area contributed by atoms with Crippen molar-refractivity contribution in [1.29, 1.82) is 0 Å². The number of carbonyl (C=O) groups is 5. The summed E-state index contributed by atoms with van der Waals surface area (Å²) < 4.78 is 30.8. The summed E-state index contributed by atoms with van der Waals surface area (Å²) in [5, 5.41) is 0. The van der Waals surface area contributed by atoms with Crippen LogP contribution in [0, 0.1) is 0 Å². The molecule has 0 spiro atoms. The number of ether oxygens (including phenoxy) is 6. The Morgan fingerprint density at radius 1 is 0.630 bits per heavy atom. The average Bonchev–Trinajstić information content (AvgIpc) is 2.49. The molecule has 1 saturated heterocycles. The van der Waals surface area contributed by atoms with Crippen LogP contribution in [-0.4, -0.2) is 67.2 Å². The largest absolute Gasteiger partial charge is 0.463 e. The lowest BCUT2D eigenvalue weighted by Crippen LogP contribution is -2.63. The second-order valence-electron chi connectivity index (χ2n) is 5.68. The number of rotatable bonds is 6. The molecule has 152 valence electrons. The molecule has 1 aliphatic rings. The quantitative estimate of drug-likeness (QED) is 0.433. The van der Waals surface area contributed by atoms with Crippen molar-refractivity contribution in [3.05, 3.63) is 0 Å². The molecule has 5 atom stereocenters. The highest BCUT2D eigenvalue weighted by Crippen LogP contribution is 2.29. The van der Waals surface area contributed by atoms with Crippen LogP contribution in [0.5, 0.6) is 0 Å². The monoisotopic (exact) mass is 390 g/mol. The highest BCUT2D eigenvalue weighted by atomic mass is 16.7. The number of esters is 5. The summed E-state index contributed by atoms with van der Waals surface area (Å²) in [6.45, 7) is 5.13. The average molecular weight is 390 g/mol. The van der Waals surface area contributed by atoms with Gasteiger partial charge < -0.3 is 28.4 Å². The Morgan fingerprint density at radius 2 is 1.07 bits per heavy atom. The van der Waals surface area contributed by atoms with Gasteiger partial charge in [0.05, 0.1) is 0 Å². The number of carbonyl (C=O) groups excluding carboxylic acids is 5. The molecule has 11 nitrogen and oxygen atoms in total. The van der Waals surface area contributed by atoms with Crippen molar-refractivity contribution in [3.8, 4) is 0 Å². The van der Waals surface area contributed by atoms with Gasteiger partial charge in [0.1, 0.15) is 12.7 Å². The Kier molecular flexibility index (Phi) is 8.16. The number of hydrogen-bond acceptors (Lipinski definition) is 11. The van der Waals surface area contributed by atoms with Gasteiger partial charge in [-0.25, -0.2) is 0 Å². The van der Waals surface area contributed by atoms with Crippen LogP contribution >= 0.6 is 0 Å². The molecule has 0 aromatic rings. The molecule has 0 radical (unpaired) electrons. The first-order valence-electron chi connectivity index (χ1n) is 7.99. The first kappa shape index (κ1) is 22.4. The van der Waals surface area contributed by atoms with Gasteiger partial charge in [0, 0.05) is 34.6 Å². The highest BCUT2D eigenvalue weighted by Gasteiger charge is 2.53. The molecule has 1 aliphatic heterocycles. The maximum atomic E-state index is 11.5. The smallest absolute Gasteiger partial charge is 0.305 e. The Labute approximate surface area is 155 Å². The Morgan fingerprint density at radius 3 is 1.52 bits per heavy atom. The van der Waals surface area contributed by atoms with E-state index in [0.717, 1.165) is 34.6 Å². The second-order valence-corrected chi connectivity index (χ2v) is 5.68. The molecule has 1 fully saturated rings. The minimum atomic E-state index is -1.48. The lowest BCUT2D eigenvalue weighted by Gasteiger charge is -2.43. The topological polar surface area (TPSA) is 141 Å². The van der Waals surface area contributed by atoms with Gasteiger partial charge in [0.15, 0.2) is 12.2 Å². The van der Waals surface area contributed by atoms with Gasteiger partial charge >= 0.3 is 29.8 Å². The van der Waals surface area contributed by atoms with Crippen molar-refractivity contribution >= 4 is 29.8 Å². The van der Waals surface area contributed by atoms with Crippen LogP contribution in [0.1, 0.15) is 34.6 Å². The highest BCUT2D eigenvalue weighted by molar-refractivity contribution is 5.69. The lowest BCUT2D eigenvalue weighted by atomic mass is 9.98. The first-order chi connectivity index (χ1) is 12.5. The Bertz CT molecular complexity index is 599. The van der Waals surface area contributed by atoms with Gasteiger partial charge in [0.2, 0.25) is 12.4 Å². The van der Waals surface area contributed by atoms with E-state index in [1.165, 1.54) is 0 Å². The van der Waals surface area contributed by atoms with E-state index in [1.807, 2.05) is 0 Å². The minimum absolute atomic E-state index is 0.393. The molecule has 0 N–H and O–H groups in total. The van der Waals surface area contributed by atoms with Gasteiger partial charge in [-0.1, -0.05) is 0 Å². The standard InChI is InChI=1S/C16H22O11/c1-7(17)22-6-12-13(23-8(2)18)14(24-9(3)19)15(25-10(4)20)16(27-12)26-11(5)21/h12-16H,6H2,1-5H3/t12-,13+,14-,15+,16+/m0/s1. The maximum absolute atomic E-state index is 11.5. The molecule has 0 bridgehead atoms. The summed E-state index contributed by atoms with van der Waals surface area (Å²) in [5.74, 6) is -3.71. The van der Waals surface area contributed by atoms with Crippen LogP contribution < -0.4 is 0 Å². The van der Waals surface area contributed by atoms with Crippen molar-refractivity contribution in [2.75, 3.05) is 6.61 Å². The van der Waals surface area contributed by atoms with Crippen molar-refractivity contribution in [2.45, 2.75) is 65.3 Å². The predicted octanol–water partition coefficient (Wildman–Crippen LogP) is -0.367. The molecule has 0 aromatic heterocycles. The molecule has 0 unspecified atom stereocenters. The summed E-state index contributed by atoms with van der Waals surface area (Å²) in [5.41, 5.74) is 0. The van der Waals surface area contributed by atoms with Crippen LogP contribution in [0.3, 0.4) is 0 Å². The van der Waals surface area contributed by atoms with Crippen molar-refractivity contribution in [3.63, 3.8) is 0 Å². The number of hydrogen-bond donors (Lipinski definition) is 0. The van der Waals surface area contributed by atoms with E-state index in [4.69, 9.17) is 28.4 Å². The summed E-state index contributed by atoms with van der Waals surface area (Å²) >= 11 is 0. The minimum Gasteiger partial charge on any atom is -0.463 e. The van der Waals surface area contributed by atoms with Gasteiger partial charge in [-0.3, -0.25) is 24.0 Å². The van der Waals surface area contributed by atoms with E-state index in [1.54, 1.807) is 0 Å². The lowest BCUT2D eigenvalue weighted by molar-refractivity contribution is -0.300. The van der Waals surface area contributed by atoms with E-state index < -0.39 is 67.2 Å². The van der Waals surface area contributed by atoms with E-state index in [-0.39, 0.29) is 0 Å². The second kappa shape index (κ2) is 9.86. The normalized spacial score (nSPS) is 27.1. The van der Waals surface area contributed by atoms with Crippen LogP contribution in [-0.2, 0) is 52.4 Å². The van der Waals surface area contributed by atoms with Crippen LogP contribution in [0.4, 0.5) is 0 Å². The Hall–Kier alpha value is -2.69. The van der Waals surface area contributed by atoms with E-state index in [2.05, 4.69) is 0 Å². The van der Waals surface area contributed by atoms with E-state index in [0.29, 0.717) is 0 Å². The fourth-order valence-corrected chi connectivity index (χ4v) is 2.45. The first-order valence-corrected chi connectivity index (χ1v) is 7.99. The third kappa shape index (κ3) is 7.21. The maximum Gasteiger partial charge on any atom is 0.305 e. The third-order valence-corrected chi connectivity index (χ3v) is 3.23. The summed E-state index contributed by atoms with van der Waals surface area (Å²) in [6.07, 6.45) is -6.70. The molecule has 1 rings (SSSR count). The SMILES string of the molecule is CC(=O)OC[C@@H]1O[C@@H](OC(C)=O)[C@H](OC(C)=O)[C@@H](OC(C)=O)[C@@H]1OC(C)=O. The zero-order chi connectivity index (χ0) is 20.7. The van der Waals surface area contributed by atoms with Crippen molar-refractivity contribution < 1.29 is 52.4 Å². The molecule has 0 aliphatic carbocycles. The molecule has 27 heavy (non-hydrogen) atoms. The van der Waals surface area contributed by atoms with Gasteiger partial charge in [0.25, 0.3) is 0 Å². The zero-order valence-corrected chi connectivity index (χ0v) is 15.6. The van der Waals surface area contributed by atoms with Gasteiger partial charge in [-0.05, 0) is 0 Å².